The van der Waals surface area contributed by atoms with Crippen molar-refractivity contribution in [3.63, 3.8) is 0 Å². The number of nitrogens with zero attached hydrogens (tertiary/aromatic N) is 1. The molecular weight excluding hydrogens is 270 g/mol. The largest absolute Gasteiger partial charge is 0.349 e. The molecule has 0 saturated heterocycles. The molecule has 0 aliphatic carbocycles. The normalized spacial score (nSPS) is 12.6. The molecule has 1 unspecified atom stereocenters. The van der Waals surface area contributed by atoms with Crippen molar-refractivity contribution in [2.24, 2.45) is 0 Å². The zero-order valence-electron chi connectivity index (χ0n) is 12.6. The summed E-state index contributed by atoms with van der Waals surface area (Å²) in [4.78, 5) is 0. The summed E-state index contributed by atoms with van der Waals surface area (Å²) in [5.41, 5.74) is 1.70. The fourth-order valence-electron chi connectivity index (χ4n) is 2.43. The Bertz CT molecular complexity index is 578. The molecule has 1 N–H and O–H groups in total. The lowest BCUT2D eigenvalue weighted by Crippen LogP contribution is -2.21. The maximum Gasteiger partial charge on any atom is 0.131 e. The Balaban J connectivity index is 2.08. The Morgan fingerprint density at radius 3 is 2.67 bits per heavy atom. The number of benzene rings is 1. The van der Waals surface area contributed by atoms with Crippen LogP contribution in [0, 0.1) is 11.6 Å². The predicted molar refractivity (Wildman–Crippen MR) is 81.2 cm³/mol. The predicted octanol–water partition coefficient (Wildman–Crippen LogP) is 4.27. The van der Waals surface area contributed by atoms with Gasteiger partial charge in [-0.2, -0.15) is 0 Å². The van der Waals surface area contributed by atoms with E-state index in [0.29, 0.717) is 18.2 Å². The van der Waals surface area contributed by atoms with Gasteiger partial charge in [-0.05, 0) is 37.1 Å². The highest BCUT2D eigenvalue weighted by atomic mass is 19.1. The minimum atomic E-state index is -0.542. The lowest BCUT2D eigenvalue weighted by atomic mass is 10.1. The molecule has 0 spiro atoms. The van der Waals surface area contributed by atoms with E-state index in [1.807, 2.05) is 17.0 Å². The number of rotatable bonds is 7. The third kappa shape index (κ3) is 4.14. The molecular formula is C17H22F2N2. The van der Waals surface area contributed by atoms with Gasteiger partial charge in [-0.25, -0.2) is 8.78 Å². The van der Waals surface area contributed by atoms with Crippen LogP contribution in [-0.2, 0) is 6.54 Å². The molecule has 0 amide bonds. The average molecular weight is 292 g/mol. The maximum absolute atomic E-state index is 13.7. The Labute approximate surface area is 124 Å². The first-order valence-electron chi connectivity index (χ1n) is 7.47. The number of aromatic nitrogens is 1. The Kier molecular flexibility index (Phi) is 5.51. The van der Waals surface area contributed by atoms with Crippen LogP contribution in [0.2, 0.25) is 0 Å². The third-order valence-corrected chi connectivity index (χ3v) is 3.59. The second kappa shape index (κ2) is 7.36. The summed E-state index contributed by atoms with van der Waals surface area (Å²) < 4.78 is 28.5. The molecule has 2 nitrogen and oxygen atoms in total. The van der Waals surface area contributed by atoms with Gasteiger partial charge in [0.15, 0.2) is 0 Å². The molecule has 2 aromatic rings. The number of nitrogens with one attached hydrogen (secondary N) is 1. The van der Waals surface area contributed by atoms with Gasteiger partial charge in [-0.1, -0.05) is 19.9 Å². The van der Waals surface area contributed by atoms with E-state index in [4.69, 9.17) is 0 Å². The summed E-state index contributed by atoms with van der Waals surface area (Å²) in [5.74, 6) is -1.04. The van der Waals surface area contributed by atoms with Gasteiger partial charge in [-0.15, -0.1) is 0 Å². The maximum atomic E-state index is 13.7. The third-order valence-electron chi connectivity index (χ3n) is 3.59. The first-order valence-corrected chi connectivity index (χ1v) is 7.47. The standard InChI is InChI=1S/C17H22F2N2/c1-3-8-20-17(4-2)14-7-9-21(12-14)11-13-5-6-15(18)10-16(13)19/h5-7,9-10,12,17,20H,3-4,8,11H2,1-2H3. The van der Waals surface area contributed by atoms with E-state index in [0.717, 1.165) is 25.5 Å². The second-order valence-electron chi connectivity index (χ2n) is 5.27. The smallest absolute Gasteiger partial charge is 0.131 e. The molecule has 0 fully saturated rings. The van der Waals surface area contributed by atoms with Crippen molar-refractivity contribution < 1.29 is 8.78 Å². The van der Waals surface area contributed by atoms with Gasteiger partial charge < -0.3 is 9.88 Å². The summed E-state index contributed by atoms with van der Waals surface area (Å²) in [6, 6.07) is 6.09. The molecule has 1 atom stereocenters. The SMILES string of the molecule is CCCNC(CC)c1ccn(Cc2ccc(F)cc2F)c1. The van der Waals surface area contributed by atoms with Crippen molar-refractivity contribution in [2.75, 3.05) is 6.54 Å². The summed E-state index contributed by atoms with van der Waals surface area (Å²) >= 11 is 0. The molecule has 0 saturated carbocycles. The van der Waals surface area contributed by atoms with Gasteiger partial charge >= 0.3 is 0 Å². The zero-order valence-corrected chi connectivity index (χ0v) is 12.6. The van der Waals surface area contributed by atoms with Crippen LogP contribution < -0.4 is 5.32 Å². The number of halogens is 2. The molecule has 4 heteroatoms. The van der Waals surface area contributed by atoms with E-state index in [1.54, 1.807) is 0 Å². The average Bonchev–Trinajstić information content (AvgIpc) is 2.91. The lowest BCUT2D eigenvalue weighted by molar-refractivity contribution is 0.517. The molecule has 0 radical (unpaired) electrons. The van der Waals surface area contributed by atoms with E-state index >= 15 is 0 Å². The van der Waals surface area contributed by atoms with Crippen LogP contribution in [0.1, 0.15) is 43.9 Å². The van der Waals surface area contributed by atoms with Gasteiger partial charge in [0, 0.05) is 36.6 Å². The highest BCUT2D eigenvalue weighted by molar-refractivity contribution is 5.21. The van der Waals surface area contributed by atoms with Gasteiger partial charge in [0.1, 0.15) is 11.6 Å². The molecule has 21 heavy (non-hydrogen) atoms. The monoisotopic (exact) mass is 292 g/mol. The van der Waals surface area contributed by atoms with Crippen molar-refractivity contribution in [3.05, 3.63) is 59.4 Å². The van der Waals surface area contributed by atoms with Crippen molar-refractivity contribution in [3.8, 4) is 0 Å². The highest BCUT2D eigenvalue weighted by Gasteiger charge is 2.10. The van der Waals surface area contributed by atoms with Gasteiger partial charge in [0.25, 0.3) is 0 Å². The first-order chi connectivity index (χ1) is 10.1. The van der Waals surface area contributed by atoms with E-state index < -0.39 is 11.6 Å². The molecule has 1 aromatic carbocycles. The van der Waals surface area contributed by atoms with Crippen LogP contribution in [0.25, 0.3) is 0 Å². The van der Waals surface area contributed by atoms with Gasteiger partial charge in [0.2, 0.25) is 0 Å². The molecule has 114 valence electrons. The van der Waals surface area contributed by atoms with Crippen molar-refractivity contribution >= 4 is 0 Å². The van der Waals surface area contributed by atoms with Crippen LogP contribution in [0.15, 0.2) is 36.7 Å². The van der Waals surface area contributed by atoms with Crippen LogP contribution >= 0.6 is 0 Å². The van der Waals surface area contributed by atoms with Crippen molar-refractivity contribution in [1.29, 1.82) is 0 Å². The van der Waals surface area contributed by atoms with Crippen molar-refractivity contribution in [2.45, 2.75) is 39.3 Å². The Morgan fingerprint density at radius 2 is 2.00 bits per heavy atom. The number of hydrogen-bond acceptors (Lipinski definition) is 1. The molecule has 0 aliphatic rings. The Morgan fingerprint density at radius 1 is 1.19 bits per heavy atom. The molecule has 1 aromatic heterocycles. The minimum absolute atomic E-state index is 0.323. The highest BCUT2D eigenvalue weighted by Crippen LogP contribution is 2.18. The van der Waals surface area contributed by atoms with Crippen LogP contribution in [-0.4, -0.2) is 11.1 Å². The second-order valence-corrected chi connectivity index (χ2v) is 5.27. The molecule has 2 rings (SSSR count). The van der Waals surface area contributed by atoms with Gasteiger partial charge in [-0.3, -0.25) is 0 Å². The van der Waals surface area contributed by atoms with Crippen LogP contribution in [0.3, 0.4) is 0 Å². The van der Waals surface area contributed by atoms with Crippen LogP contribution in [0.5, 0.6) is 0 Å². The van der Waals surface area contributed by atoms with Gasteiger partial charge in [0.05, 0.1) is 0 Å². The topological polar surface area (TPSA) is 17.0 Å². The fourth-order valence-corrected chi connectivity index (χ4v) is 2.43. The van der Waals surface area contributed by atoms with Crippen molar-refractivity contribution in [1.82, 2.24) is 9.88 Å². The minimum Gasteiger partial charge on any atom is -0.349 e. The zero-order chi connectivity index (χ0) is 15.2. The molecule has 1 heterocycles. The Hall–Kier alpha value is -1.68. The summed E-state index contributed by atoms with van der Waals surface area (Å²) in [6.45, 7) is 5.68. The van der Waals surface area contributed by atoms with E-state index in [2.05, 4.69) is 25.2 Å². The van der Waals surface area contributed by atoms with E-state index in [9.17, 15) is 8.78 Å². The molecule has 0 bridgehead atoms. The molecule has 0 aliphatic heterocycles. The summed E-state index contributed by atoms with van der Waals surface area (Å²) in [7, 11) is 0. The summed E-state index contributed by atoms with van der Waals surface area (Å²) in [5, 5.41) is 3.49. The number of hydrogen-bond donors (Lipinski definition) is 1. The fraction of sp³-hybridized carbons (Fsp3) is 0.412. The van der Waals surface area contributed by atoms with Crippen LogP contribution in [0.4, 0.5) is 8.78 Å². The first kappa shape index (κ1) is 15.7. The van der Waals surface area contributed by atoms with E-state index in [-0.39, 0.29) is 0 Å². The van der Waals surface area contributed by atoms with E-state index in [1.165, 1.54) is 17.7 Å². The summed E-state index contributed by atoms with van der Waals surface area (Å²) in [6.07, 6.45) is 6.07. The quantitative estimate of drug-likeness (QED) is 0.806. The lowest BCUT2D eigenvalue weighted by Gasteiger charge is -2.15.